The van der Waals surface area contributed by atoms with Crippen molar-refractivity contribution in [3.8, 4) is 5.75 Å². The summed E-state index contributed by atoms with van der Waals surface area (Å²) < 4.78 is 28.6. The number of hydrogen-bond donors (Lipinski definition) is 1. The number of carbonyl (C=O) groups excluding carboxylic acids is 1. The Labute approximate surface area is 138 Å². The molecule has 1 aliphatic carbocycles. The van der Waals surface area contributed by atoms with Gasteiger partial charge in [-0.3, -0.25) is 4.79 Å². The highest BCUT2D eigenvalue weighted by atomic mass is 32.2. The van der Waals surface area contributed by atoms with Crippen LogP contribution >= 0.6 is 0 Å². The largest absolute Gasteiger partial charge is 0.490 e. The summed E-state index contributed by atoms with van der Waals surface area (Å²) in [4.78, 5) is 11.8. The van der Waals surface area contributed by atoms with Gasteiger partial charge in [0.1, 0.15) is 11.0 Å². The number of hydrogen-bond acceptors (Lipinski definition) is 4. The fraction of sp³-hybridized carbons (Fsp3) is 0.588. The monoisotopic (exact) mass is 339 g/mol. The molecular formula is C17H25NO4S. The topological polar surface area (TPSA) is 72.5 Å². The normalized spacial score (nSPS) is 17.5. The Morgan fingerprint density at radius 1 is 1.22 bits per heavy atom. The Bertz CT molecular complexity index is 618. The molecule has 1 aromatic carbocycles. The molecule has 1 aliphatic rings. The fourth-order valence-electron chi connectivity index (χ4n) is 2.59. The van der Waals surface area contributed by atoms with Crippen LogP contribution in [0, 0.1) is 0 Å². The van der Waals surface area contributed by atoms with E-state index in [4.69, 9.17) is 4.74 Å². The van der Waals surface area contributed by atoms with Gasteiger partial charge in [-0.15, -0.1) is 0 Å². The molecule has 0 aromatic heterocycles. The summed E-state index contributed by atoms with van der Waals surface area (Å²) in [7, 11) is -3.36. The molecule has 0 spiro atoms. The summed E-state index contributed by atoms with van der Waals surface area (Å²) >= 11 is 0. The van der Waals surface area contributed by atoms with Crippen molar-refractivity contribution in [2.75, 3.05) is 6.26 Å². The zero-order chi connectivity index (χ0) is 16.9. The van der Waals surface area contributed by atoms with Crippen LogP contribution in [0.4, 0.5) is 0 Å². The van der Waals surface area contributed by atoms with Gasteiger partial charge in [0.2, 0.25) is 5.91 Å². The summed E-state index contributed by atoms with van der Waals surface area (Å²) in [6.45, 7) is 1.70. The number of amides is 1. The maximum Gasteiger partial charge on any atom is 0.238 e. The molecule has 23 heavy (non-hydrogen) atoms. The van der Waals surface area contributed by atoms with Crippen LogP contribution in [-0.2, 0) is 21.2 Å². The smallest absolute Gasteiger partial charge is 0.238 e. The zero-order valence-electron chi connectivity index (χ0n) is 13.7. The second-order valence-electron chi connectivity index (χ2n) is 6.21. The second-order valence-corrected chi connectivity index (χ2v) is 8.58. The first kappa shape index (κ1) is 17.8. The van der Waals surface area contributed by atoms with Gasteiger partial charge in [0, 0.05) is 12.8 Å². The highest BCUT2D eigenvalue weighted by Gasteiger charge is 2.23. The summed E-state index contributed by atoms with van der Waals surface area (Å²) in [6.07, 6.45) is 7.35. The summed E-state index contributed by atoms with van der Waals surface area (Å²) in [5, 5.41) is 1.62. The van der Waals surface area contributed by atoms with Gasteiger partial charge in [0.25, 0.3) is 0 Å². The third-order valence-electron chi connectivity index (χ3n) is 4.26. The van der Waals surface area contributed by atoms with Crippen LogP contribution in [0.5, 0.6) is 5.75 Å². The van der Waals surface area contributed by atoms with Crippen LogP contribution in [0.25, 0.3) is 0 Å². The van der Waals surface area contributed by atoms with E-state index in [1.54, 1.807) is 0 Å². The lowest BCUT2D eigenvalue weighted by molar-refractivity contribution is -0.120. The third kappa shape index (κ3) is 5.53. The third-order valence-corrected chi connectivity index (χ3v) is 5.76. The molecule has 1 aromatic rings. The number of rotatable bonds is 6. The lowest BCUT2D eigenvalue weighted by Crippen LogP contribution is -2.36. The SMILES string of the molecule is CC(C(=O)NCc1ccc(OC2CCCCC2)cc1)S(C)(=O)=O. The van der Waals surface area contributed by atoms with E-state index in [9.17, 15) is 13.2 Å². The van der Waals surface area contributed by atoms with Crippen molar-refractivity contribution in [1.82, 2.24) is 5.32 Å². The summed E-state index contributed by atoms with van der Waals surface area (Å²) in [5.41, 5.74) is 0.912. The molecule has 1 fully saturated rings. The second kappa shape index (κ2) is 7.81. The number of carbonyl (C=O) groups is 1. The van der Waals surface area contributed by atoms with Gasteiger partial charge >= 0.3 is 0 Å². The van der Waals surface area contributed by atoms with Crippen LogP contribution in [0.15, 0.2) is 24.3 Å². The van der Waals surface area contributed by atoms with E-state index in [1.165, 1.54) is 26.2 Å². The first-order valence-corrected chi connectivity index (χ1v) is 10.0. The van der Waals surface area contributed by atoms with Crippen LogP contribution in [-0.4, -0.2) is 31.9 Å². The molecule has 0 radical (unpaired) electrons. The van der Waals surface area contributed by atoms with E-state index >= 15 is 0 Å². The van der Waals surface area contributed by atoms with Gasteiger partial charge in [-0.25, -0.2) is 8.42 Å². The highest BCUT2D eigenvalue weighted by Crippen LogP contribution is 2.23. The molecule has 1 unspecified atom stereocenters. The first-order valence-electron chi connectivity index (χ1n) is 8.08. The Hall–Kier alpha value is -1.56. The van der Waals surface area contributed by atoms with Crippen molar-refractivity contribution in [2.24, 2.45) is 0 Å². The number of benzene rings is 1. The molecule has 1 atom stereocenters. The van der Waals surface area contributed by atoms with E-state index in [1.807, 2.05) is 24.3 Å². The van der Waals surface area contributed by atoms with E-state index in [2.05, 4.69) is 5.32 Å². The molecular weight excluding hydrogens is 314 g/mol. The van der Waals surface area contributed by atoms with E-state index in [0.717, 1.165) is 30.4 Å². The number of nitrogens with one attached hydrogen (secondary N) is 1. The molecule has 128 valence electrons. The van der Waals surface area contributed by atoms with Crippen molar-refractivity contribution in [2.45, 2.75) is 56.9 Å². The minimum atomic E-state index is -3.36. The van der Waals surface area contributed by atoms with Crippen LogP contribution in [0.3, 0.4) is 0 Å². The predicted octanol–water partition coefficient (Wildman–Crippen LogP) is 2.45. The standard InChI is InChI=1S/C17H25NO4S/c1-13(23(2,20)21)17(19)18-12-14-8-10-16(11-9-14)22-15-6-4-3-5-7-15/h8-11,13,15H,3-7,12H2,1-2H3,(H,18,19). The minimum Gasteiger partial charge on any atom is -0.490 e. The fourth-order valence-corrected chi connectivity index (χ4v) is 3.06. The van der Waals surface area contributed by atoms with E-state index in [0.29, 0.717) is 12.6 Å². The van der Waals surface area contributed by atoms with Crippen LogP contribution in [0.2, 0.25) is 0 Å². The van der Waals surface area contributed by atoms with Crippen LogP contribution in [0.1, 0.15) is 44.6 Å². The summed E-state index contributed by atoms with van der Waals surface area (Å²) in [5.74, 6) is 0.367. The lowest BCUT2D eigenvalue weighted by atomic mass is 9.98. The first-order chi connectivity index (χ1) is 10.9. The molecule has 1 amide bonds. The quantitative estimate of drug-likeness (QED) is 0.864. The van der Waals surface area contributed by atoms with Crippen LogP contribution < -0.4 is 10.1 Å². The van der Waals surface area contributed by atoms with Crippen molar-refractivity contribution in [3.63, 3.8) is 0 Å². The predicted molar refractivity (Wildman–Crippen MR) is 90.1 cm³/mol. The summed E-state index contributed by atoms with van der Waals surface area (Å²) in [6, 6.07) is 7.58. The molecule has 0 heterocycles. The number of sulfone groups is 1. The zero-order valence-corrected chi connectivity index (χ0v) is 14.6. The van der Waals surface area contributed by atoms with E-state index < -0.39 is 21.0 Å². The van der Waals surface area contributed by atoms with Crippen molar-refractivity contribution >= 4 is 15.7 Å². The number of ether oxygens (including phenoxy) is 1. The average Bonchev–Trinajstić information content (AvgIpc) is 2.53. The molecule has 0 aliphatic heterocycles. The molecule has 5 nitrogen and oxygen atoms in total. The van der Waals surface area contributed by atoms with Gasteiger partial charge in [-0.05, 0) is 50.3 Å². The molecule has 0 saturated heterocycles. The van der Waals surface area contributed by atoms with Gasteiger partial charge < -0.3 is 10.1 Å². The molecule has 6 heteroatoms. The Kier molecular flexibility index (Phi) is 6.04. The minimum absolute atomic E-state index is 0.308. The van der Waals surface area contributed by atoms with Gasteiger partial charge in [-0.2, -0.15) is 0 Å². The maximum atomic E-state index is 11.8. The molecule has 0 bridgehead atoms. The van der Waals surface area contributed by atoms with Crippen molar-refractivity contribution in [1.29, 1.82) is 0 Å². The average molecular weight is 339 g/mol. The molecule has 2 rings (SSSR count). The Morgan fingerprint density at radius 3 is 2.39 bits per heavy atom. The van der Waals surface area contributed by atoms with Gasteiger partial charge in [0.05, 0.1) is 6.10 Å². The van der Waals surface area contributed by atoms with Crippen molar-refractivity contribution in [3.05, 3.63) is 29.8 Å². The molecule has 1 saturated carbocycles. The lowest BCUT2D eigenvalue weighted by Gasteiger charge is -2.23. The van der Waals surface area contributed by atoms with E-state index in [-0.39, 0.29) is 0 Å². The highest BCUT2D eigenvalue weighted by molar-refractivity contribution is 7.92. The van der Waals surface area contributed by atoms with Gasteiger partial charge in [0.15, 0.2) is 9.84 Å². The Balaban J connectivity index is 1.84. The van der Waals surface area contributed by atoms with Crippen molar-refractivity contribution < 1.29 is 17.9 Å². The maximum absolute atomic E-state index is 11.8. The van der Waals surface area contributed by atoms with Gasteiger partial charge in [-0.1, -0.05) is 18.6 Å². The molecule has 1 N–H and O–H groups in total. The Morgan fingerprint density at radius 2 is 1.83 bits per heavy atom.